The van der Waals surface area contributed by atoms with Crippen molar-refractivity contribution in [1.29, 1.82) is 0 Å². The molecule has 2 aliphatic rings. The first-order valence-electron chi connectivity index (χ1n) is 9.32. The summed E-state index contributed by atoms with van der Waals surface area (Å²) in [4.78, 5) is 32.7. The maximum Gasteiger partial charge on any atom is 0.410 e. The van der Waals surface area contributed by atoms with E-state index >= 15 is 0 Å². The Balaban J connectivity index is 1.56. The first kappa shape index (κ1) is 19.1. The lowest BCUT2D eigenvalue weighted by Gasteiger charge is -2.39. The third-order valence-electron chi connectivity index (χ3n) is 5.57. The van der Waals surface area contributed by atoms with Gasteiger partial charge < -0.3 is 9.64 Å². The van der Waals surface area contributed by atoms with Crippen LogP contribution in [0.2, 0.25) is 0 Å². The number of likely N-dealkylation sites (tertiary alicyclic amines) is 1. The number of nitrogens with zero attached hydrogens (tertiary/aromatic N) is 3. The van der Waals surface area contributed by atoms with Crippen LogP contribution in [-0.4, -0.2) is 58.6 Å². The quantitative estimate of drug-likeness (QED) is 0.728. The van der Waals surface area contributed by atoms with Gasteiger partial charge in [0, 0.05) is 36.0 Å². The Morgan fingerprint density at radius 2 is 2.12 bits per heavy atom. The average Bonchev–Trinajstić information content (AvgIpc) is 3.02. The number of cyclic esters (lactones) is 1. The minimum absolute atomic E-state index is 0.117. The SMILES string of the molecule is CC[C@H](C)[C@@H]1COC(=O)N1C1CCN(C(=O)Cc2cncc(Br)c2)CC1. The van der Waals surface area contributed by atoms with Crippen LogP contribution >= 0.6 is 15.9 Å². The zero-order chi connectivity index (χ0) is 18.7. The zero-order valence-electron chi connectivity index (χ0n) is 15.4. The predicted molar refractivity (Wildman–Crippen MR) is 102 cm³/mol. The molecule has 142 valence electrons. The molecule has 1 aromatic heterocycles. The standard InChI is InChI=1S/C19H26BrN3O3/c1-3-13(2)17-12-26-19(25)23(17)16-4-6-22(7-5-16)18(24)9-14-8-15(20)11-21-10-14/h8,10-11,13,16-17H,3-7,9,12H2,1-2H3/t13-,17-/m0/s1. The van der Waals surface area contributed by atoms with E-state index in [0.29, 0.717) is 32.0 Å². The molecule has 2 atom stereocenters. The van der Waals surface area contributed by atoms with Crippen LogP contribution in [-0.2, 0) is 16.0 Å². The number of amides is 2. The minimum atomic E-state index is -0.194. The van der Waals surface area contributed by atoms with Gasteiger partial charge in [0.15, 0.2) is 0 Å². The number of pyridine rings is 1. The predicted octanol–water partition coefficient (Wildman–Crippen LogP) is 3.24. The molecule has 2 amide bonds. The summed E-state index contributed by atoms with van der Waals surface area (Å²) in [6, 6.07) is 2.25. The van der Waals surface area contributed by atoms with E-state index < -0.39 is 0 Å². The average molecular weight is 424 g/mol. The van der Waals surface area contributed by atoms with Crippen molar-refractivity contribution in [2.75, 3.05) is 19.7 Å². The molecular weight excluding hydrogens is 398 g/mol. The molecule has 0 aliphatic carbocycles. The van der Waals surface area contributed by atoms with Gasteiger partial charge in [0.1, 0.15) is 6.61 Å². The number of piperidine rings is 1. The molecule has 2 fully saturated rings. The maximum atomic E-state index is 12.6. The molecule has 0 radical (unpaired) electrons. The minimum Gasteiger partial charge on any atom is -0.447 e. The van der Waals surface area contributed by atoms with Gasteiger partial charge in [0.25, 0.3) is 0 Å². The summed E-state index contributed by atoms with van der Waals surface area (Å²) in [7, 11) is 0. The molecule has 3 heterocycles. The van der Waals surface area contributed by atoms with Crippen LogP contribution in [0, 0.1) is 5.92 Å². The summed E-state index contributed by atoms with van der Waals surface area (Å²) >= 11 is 3.39. The van der Waals surface area contributed by atoms with Crippen LogP contribution in [0.25, 0.3) is 0 Å². The highest BCUT2D eigenvalue weighted by atomic mass is 79.9. The first-order valence-corrected chi connectivity index (χ1v) is 10.1. The van der Waals surface area contributed by atoms with Crippen molar-refractivity contribution >= 4 is 27.9 Å². The van der Waals surface area contributed by atoms with Crippen LogP contribution in [0.15, 0.2) is 22.9 Å². The molecule has 0 unspecified atom stereocenters. The fourth-order valence-corrected chi connectivity index (χ4v) is 4.22. The van der Waals surface area contributed by atoms with Crippen LogP contribution in [0.5, 0.6) is 0 Å². The molecule has 1 aromatic rings. The number of carbonyl (C=O) groups excluding carboxylic acids is 2. The molecule has 0 aromatic carbocycles. The molecule has 26 heavy (non-hydrogen) atoms. The van der Waals surface area contributed by atoms with Crippen LogP contribution < -0.4 is 0 Å². The molecule has 0 saturated carbocycles. The zero-order valence-corrected chi connectivity index (χ0v) is 16.9. The summed E-state index contributed by atoms with van der Waals surface area (Å²) in [6.07, 6.45) is 6.25. The van der Waals surface area contributed by atoms with Crippen molar-refractivity contribution < 1.29 is 14.3 Å². The van der Waals surface area contributed by atoms with Gasteiger partial charge >= 0.3 is 6.09 Å². The second kappa shape index (κ2) is 8.37. The fraction of sp³-hybridized carbons (Fsp3) is 0.632. The van der Waals surface area contributed by atoms with Crippen molar-refractivity contribution in [3.05, 3.63) is 28.5 Å². The Kier molecular flexibility index (Phi) is 6.16. The molecule has 0 bridgehead atoms. The Morgan fingerprint density at radius 3 is 2.77 bits per heavy atom. The molecule has 0 spiro atoms. The molecule has 7 heteroatoms. The third-order valence-corrected chi connectivity index (χ3v) is 6.01. The van der Waals surface area contributed by atoms with Gasteiger partial charge in [0.2, 0.25) is 5.91 Å². The van der Waals surface area contributed by atoms with Crippen LogP contribution in [0.3, 0.4) is 0 Å². The second-order valence-corrected chi connectivity index (χ2v) is 8.15. The number of carbonyl (C=O) groups is 2. The van der Waals surface area contributed by atoms with Crippen LogP contribution in [0.1, 0.15) is 38.7 Å². The smallest absolute Gasteiger partial charge is 0.410 e. The molecule has 3 rings (SSSR count). The van der Waals surface area contributed by atoms with Gasteiger partial charge in [0.05, 0.1) is 12.5 Å². The first-order chi connectivity index (χ1) is 12.5. The van der Waals surface area contributed by atoms with Crippen molar-refractivity contribution in [2.45, 2.75) is 51.6 Å². The van der Waals surface area contributed by atoms with E-state index in [0.717, 1.165) is 29.3 Å². The van der Waals surface area contributed by atoms with E-state index in [2.05, 4.69) is 34.8 Å². The lowest BCUT2D eigenvalue weighted by atomic mass is 9.95. The Morgan fingerprint density at radius 1 is 1.38 bits per heavy atom. The number of hydrogen-bond donors (Lipinski definition) is 0. The summed E-state index contributed by atoms with van der Waals surface area (Å²) in [6.45, 7) is 6.17. The molecular formula is C19H26BrN3O3. The molecule has 2 saturated heterocycles. The largest absolute Gasteiger partial charge is 0.447 e. The van der Waals surface area contributed by atoms with Gasteiger partial charge in [-0.15, -0.1) is 0 Å². The van der Waals surface area contributed by atoms with E-state index in [9.17, 15) is 9.59 Å². The van der Waals surface area contributed by atoms with Gasteiger partial charge in [-0.05, 0) is 46.3 Å². The van der Waals surface area contributed by atoms with E-state index in [1.54, 1.807) is 12.4 Å². The van der Waals surface area contributed by atoms with E-state index in [1.165, 1.54) is 0 Å². The molecule has 0 N–H and O–H groups in total. The lowest BCUT2D eigenvalue weighted by molar-refractivity contribution is -0.131. The summed E-state index contributed by atoms with van der Waals surface area (Å²) in [5.74, 6) is 0.538. The summed E-state index contributed by atoms with van der Waals surface area (Å²) in [5.41, 5.74) is 0.909. The molecule has 2 aliphatic heterocycles. The van der Waals surface area contributed by atoms with Crippen molar-refractivity contribution in [1.82, 2.24) is 14.8 Å². The topological polar surface area (TPSA) is 62.7 Å². The lowest BCUT2D eigenvalue weighted by Crippen LogP contribution is -2.51. The normalized spacial score (nSPS) is 22.4. The fourth-order valence-electron chi connectivity index (χ4n) is 3.81. The Hall–Kier alpha value is -1.63. The van der Waals surface area contributed by atoms with Gasteiger partial charge in [-0.2, -0.15) is 0 Å². The van der Waals surface area contributed by atoms with E-state index in [4.69, 9.17) is 4.74 Å². The maximum absolute atomic E-state index is 12.6. The number of aromatic nitrogens is 1. The number of hydrogen-bond acceptors (Lipinski definition) is 4. The number of ether oxygens (including phenoxy) is 1. The van der Waals surface area contributed by atoms with Gasteiger partial charge in [-0.1, -0.05) is 20.3 Å². The number of halogens is 1. The Labute approximate surface area is 163 Å². The molecule has 6 nitrogen and oxygen atoms in total. The van der Waals surface area contributed by atoms with Crippen molar-refractivity contribution in [3.8, 4) is 0 Å². The van der Waals surface area contributed by atoms with E-state index in [1.807, 2.05) is 15.9 Å². The van der Waals surface area contributed by atoms with E-state index in [-0.39, 0.29) is 24.1 Å². The number of rotatable bonds is 5. The summed E-state index contributed by atoms with van der Waals surface area (Å²) in [5, 5.41) is 0. The highest BCUT2D eigenvalue weighted by Gasteiger charge is 2.41. The van der Waals surface area contributed by atoms with Crippen molar-refractivity contribution in [3.63, 3.8) is 0 Å². The third kappa shape index (κ3) is 4.19. The highest BCUT2D eigenvalue weighted by molar-refractivity contribution is 9.10. The Bertz CT molecular complexity index is 661. The summed E-state index contributed by atoms with van der Waals surface area (Å²) < 4.78 is 6.19. The monoisotopic (exact) mass is 423 g/mol. The van der Waals surface area contributed by atoms with Gasteiger partial charge in [-0.25, -0.2) is 4.79 Å². The van der Waals surface area contributed by atoms with Crippen LogP contribution in [0.4, 0.5) is 4.79 Å². The second-order valence-electron chi connectivity index (χ2n) is 7.24. The van der Waals surface area contributed by atoms with Gasteiger partial charge in [-0.3, -0.25) is 14.7 Å². The highest BCUT2D eigenvalue weighted by Crippen LogP contribution is 2.29. The van der Waals surface area contributed by atoms with Crippen molar-refractivity contribution in [2.24, 2.45) is 5.92 Å².